The summed E-state index contributed by atoms with van der Waals surface area (Å²) in [5.41, 5.74) is 8.58. The van der Waals surface area contributed by atoms with Crippen LogP contribution in [0.4, 0.5) is 0 Å². The molecule has 0 fully saturated rings. The van der Waals surface area contributed by atoms with Gasteiger partial charge in [-0.3, -0.25) is 24.9 Å². The fourth-order valence-corrected chi connectivity index (χ4v) is 3.13. The molecule has 2 rings (SSSR count). The number of carbonyl (C=O) groups excluding carboxylic acids is 3. The summed E-state index contributed by atoms with van der Waals surface area (Å²) in [5.74, 6) is 4.10. The molecular formula is C15H25N7O3S. The van der Waals surface area contributed by atoms with E-state index in [2.05, 4.69) is 33.7 Å². The molecule has 1 aromatic heterocycles. The monoisotopic (exact) mass is 383 g/mol. The van der Waals surface area contributed by atoms with Gasteiger partial charge in [0.2, 0.25) is 11.8 Å². The molecule has 2 heterocycles. The van der Waals surface area contributed by atoms with E-state index in [4.69, 9.17) is 11.6 Å². The summed E-state index contributed by atoms with van der Waals surface area (Å²) in [5, 5.41) is 10.8. The topological polar surface area (TPSA) is 158 Å². The molecule has 1 aromatic rings. The number of aromatic nitrogens is 3. The molecule has 144 valence electrons. The van der Waals surface area contributed by atoms with Crippen LogP contribution in [0, 0.1) is 5.92 Å². The summed E-state index contributed by atoms with van der Waals surface area (Å²) in [6.07, 6.45) is 3.73. The Hall–Kier alpha value is -1.98. The first-order valence-electron chi connectivity index (χ1n) is 8.53. The predicted molar refractivity (Wildman–Crippen MR) is 96.8 cm³/mol. The van der Waals surface area contributed by atoms with Gasteiger partial charge in [-0.15, -0.1) is 5.10 Å². The van der Waals surface area contributed by atoms with E-state index in [0.29, 0.717) is 32.2 Å². The standard InChI is InChI=1S/C15H25N7O3S/c16-14(24)9-1-3-10-7-22(21-20-10)6-5-11(13(23)4-2-9)18-15(25)12(8-26)19-17/h7,9,11-12,19,26H,1-6,8,17H2,(H2,16,24)(H,18,25)/t9-,11+,12+/m1/s1. The molecule has 0 saturated carbocycles. The van der Waals surface area contributed by atoms with Crippen LogP contribution in [0.1, 0.15) is 31.4 Å². The van der Waals surface area contributed by atoms with Crippen molar-refractivity contribution in [2.75, 3.05) is 5.75 Å². The Morgan fingerprint density at radius 1 is 1.35 bits per heavy atom. The van der Waals surface area contributed by atoms with Crippen molar-refractivity contribution in [1.82, 2.24) is 25.7 Å². The zero-order valence-electron chi connectivity index (χ0n) is 14.4. The van der Waals surface area contributed by atoms with E-state index in [1.165, 1.54) is 0 Å². The summed E-state index contributed by atoms with van der Waals surface area (Å²) in [7, 11) is 0. The van der Waals surface area contributed by atoms with Gasteiger partial charge < -0.3 is 11.1 Å². The quantitative estimate of drug-likeness (QED) is 0.230. The van der Waals surface area contributed by atoms with Crippen molar-refractivity contribution >= 4 is 30.2 Å². The van der Waals surface area contributed by atoms with Crippen molar-refractivity contribution in [3.63, 3.8) is 0 Å². The van der Waals surface area contributed by atoms with Crippen molar-refractivity contribution in [3.8, 4) is 0 Å². The first-order valence-corrected chi connectivity index (χ1v) is 9.16. The normalized spacial score (nSPS) is 22.8. The molecule has 11 heteroatoms. The lowest BCUT2D eigenvalue weighted by molar-refractivity contribution is -0.129. The molecule has 3 atom stereocenters. The van der Waals surface area contributed by atoms with Gasteiger partial charge in [0.25, 0.3) is 0 Å². The van der Waals surface area contributed by atoms with Crippen LogP contribution in [0.5, 0.6) is 0 Å². The highest BCUT2D eigenvalue weighted by molar-refractivity contribution is 7.80. The van der Waals surface area contributed by atoms with E-state index < -0.39 is 29.8 Å². The summed E-state index contributed by atoms with van der Waals surface area (Å²) < 4.78 is 1.62. The molecule has 26 heavy (non-hydrogen) atoms. The van der Waals surface area contributed by atoms with Gasteiger partial charge >= 0.3 is 0 Å². The molecule has 6 N–H and O–H groups in total. The van der Waals surface area contributed by atoms with Gasteiger partial charge in [-0.05, 0) is 25.7 Å². The van der Waals surface area contributed by atoms with E-state index in [9.17, 15) is 14.4 Å². The number of hydrazine groups is 1. The molecule has 0 radical (unpaired) electrons. The van der Waals surface area contributed by atoms with E-state index in [1.807, 2.05) is 0 Å². The summed E-state index contributed by atoms with van der Waals surface area (Å²) in [6, 6.07) is -1.41. The lowest BCUT2D eigenvalue weighted by Crippen LogP contribution is -2.53. The van der Waals surface area contributed by atoms with Crippen molar-refractivity contribution in [2.24, 2.45) is 17.5 Å². The zero-order valence-corrected chi connectivity index (χ0v) is 15.3. The van der Waals surface area contributed by atoms with Gasteiger partial charge in [0, 0.05) is 30.8 Å². The number of carbonyl (C=O) groups is 3. The first-order chi connectivity index (χ1) is 12.4. The Balaban J connectivity index is 2.15. The summed E-state index contributed by atoms with van der Waals surface area (Å²) in [4.78, 5) is 36.5. The minimum absolute atomic E-state index is 0.152. The minimum Gasteiger partial charge on any atom is -0.369 e. The number of nitrogens with zero attached hydrogens (tertiary/aromatic N) is 3. The summed E-state index contributed by atoms with van der Waals surface area (Å²) >= 11 is 4.06. The average Bonchev–Trinajstić information content (AvgIpc) is 3.06. The number of rotatable bonds is 5. The third kappa shape index (κ3) is 5.51. The highest BCUT2D eigenvalue weighted by Gasteiger charge is 2.26. The second-order valence-electron chi connectivity index (χ2n) is 6.37. The SMILES string of the molecule is NN[C@@H](CS)C(=O)N[C@H]1CCn2cc(nn2)CC[C@@H](C(N)=O)CCC1=O. The van der Waals surface area contributed by atoms with Crippen molar-refractivity contribution in [2.45, 2.75) is 50.7 Å². The van der Waals surface area contributed by atoms with Gasteiger partial charge in [0.1, 0.15) is 6.04 Å². The number of ketones is 1. The van der Waals surface area contributed by atoms with Crippen LogP contribution in [-0.2, 0) is 27.3 Å². The number of amides is 2. The molecule has 1 aliphatic heterocycles. The molecule has 0 saturated heterocycles. The number of hydrogen-bond donors (Lipinski definition) is 5. The van der Waals surface area contributed by atoms with Crippen LogP contribution in [0.15, 0.2) is 6.20 Å². The van der Waals surface area contributed by atoms with E-state index >= 15 is 0 Å². The van der Waals surface area contributed by atoms with Gasteiger partial charge in [-0.25, -0.2) is 5.43 Å². The number of primary amides is 1. The van der Waals surface area contributed by atoms with Crippen LogP contribution in [0.3, 0.4) is 0 Å². The predicted octanol–water partition coefficient (Wildman–Crippen LogP) is -1.69. The van der Waals surface area contributed by atoms with Crippen molar-refractivity contribution < 1.29 is 14.4 Å². The number of nitrogens with two attached hydrogens (primary N) is 2. The average molecular weight is 383 g/mol. The van der Waals surface area contributed by atoms with E-state index in [0.717, 1.165) is 5.69 Å². The van der Waals surface area contributed by atoms with Gasteiger partial charge in [0.15, 0.2) is 5.78 Å². The molecule has 0 unspecified atom stereocenters. The number of fused-ring (bicyclic) bond motifs is 2. The Labute approximate surface area is 156 Å². The van der Waals surface area contributed by atoms with Crippen LogP contribution in [0.25, 0.3) is 0 Å². The van der Waals surface area contributed by atoms with E-state index in [-0.39, 0.29) is 18.0 Å². The number of hydrogen-bond acceptors (Lipinski definition) is 8. The van der Waals surface area contributed by atoms with Gasteiger partial charge in [-0.2, -0.15) is 12.6 Å². The smallest absolute Gasteiger partial charge is 0.239 e. The Kier molecular flexibility index (Phi) is 7.54. The third-order valence-electron chi connectivity index (χ3n) is 4.53. The van der Waals surface area contributed by atoms with Crippen molar-refractivity contribution in [1.29, 1.82) is 0 Å². The molecule has 0 aromatic carbocycles. The fraction of sp³-hybridized carbons (Fsp3) is 0.667. The maximum absolute atomic E-state index is 12.6. The molecule has 10 nitrogen and oxygen atoms in total. The highest BCUT2D eigenvalue weighted by atomic mass is 32.1. The minimum atomic E-state index is -0.709. The molecule has 2 amide bonds. The lowest BCUT2D eigenvalue weighted by Gasteiger charge is -2.22. The second kappa shape index (κ2) is 9.64. The Morgan fingerprint density at radius 2 is 2.08 bits per heavy atom. The first kappa shape index (κ1) is 20.3. The Bertz CT molecular complexity index is 647. The van der Waals surface area contributed by atoms with Gasteiger partial charge in [0.05, 0.1) is 11.7 Å². The fourth-order valence-electron chi connectivity index (χ4n) is 2.86. The van der Waals surface area contributed by atoms with Gasteiger partial charge in [-0.1, -0.05) is 5.21 Å². The largest absolute Gasteiger partial charge is 0.369 e. The second-order valence-corrected chi connectivity index (χ2v) is 6.73. The number of Topliss-reactive ketones (excluding diaryl/α,β-unsaturated/α-hetero) is 1. The molecule has 0 spiro atoms. The van der Waals surface area contributed by atoms with Crippen molar-refractivity contribution in [3.05, 3.63) is 11.9 Å². The van der Waals surface area contributed by atoms with Crippen LogP contribution >= 0.6 is 12.6 Å². The third-order valence-corrected chi connectivity index (χ3v) is 4.89. The number of thiol groups is 1. The molecule has 1 aliphatic rings. The lowest BCUT2D eigenvalue weighted by atomic mass is 9.92. The Morgan fingerprint density at radius 3 is 2.73 bits per heavy atom. The maximum Gasteiger partial charge on any atom is 0.239 e. The molecule has 2 bridgehead atoms. The zero-order chi connectivity index (χ0) is 19.1. The highest BCUT2D eigenvalue weighted by Crippen LogP contribution is 2.17. The van der Waals surface area contributed by atoms with E-state index in [1.54, 1.807) is 10.9 Å². The summed E-state index contributed by atoms with van der Waals surface area (Å²) in [6.45, 7) is 0.435. The van der Waals surface area contributed by atoms with Crippen LogP contribution in [-0.4, -0.2) is 50.4 Å². The molecular weight excluding hydrogens is 358 g/mol. The molecule has 0 aliphatic carbocycles. The van der Waals surface area contributed by atoms with Crippen LogP contribution in [0.2, 0.25) is 0 Å². The number of nitrogens with one attached hydrogen (secondary N) is 2. The maximum atomic E-state index is 12.6. The van der Waals surface area contributed by atoms with Crippen LogP contribution < -0.4 is 22.3 Å². The number of aryl methyl sites for hydroxylation is 2.